The largest absolute Gasteiger partial charge is 0.426 e. The molecule has 2 aromatic rings. The Bertz CT molecular complexity index is 714. The van der Waals surface area contributed by atoms with E-state index in [-0.39, 0.29) is 18.1 Å². The Balaban J connectivity index is 2.04. The molecule has 0 aliphatic carbocycles. The standard InChI is InChI=1S/C16H11BrFNO3/c17-12-3-5-13(6-4-12)19-16(21)8-2-11-1-7-14(18)15(9-11)22-10-20/h1-10H,(H,19,21)/b8-2+. The van der Waals surface area contributed by atoms with Crippen LogP contribution in [0.2, 0.25) is 0 Å². The number of amides is 1. The normalized spacial score (nSPS) is 10.5. The summed E-state index contributed by atoms with van der Waals surface area (Å²) >= 11 is 3.30. The van der Waals surface area contributed by atoms with Crippen molar-refractivity contribution in [3.05, 3.63) is 64.4 Å². The average Bonchev–Trinajstić information content (AvgIpc) is 2.50. The van der Waals surface area contributed by atoms with Gasteiger partial charge >= 0.3 is 0 Å². The zero-order valence-corrected chi connectivity index (χ0v) is 12.8. The fourth-order valence-corrected chi connectivity index (χ4v) is 1.92. The molecule has 1 N–H and O–H groups in total. The Morgan fingerprint density at radius 3 is 2.59 bits per heavy atom. The van der Waals surface area contributed by atoms with Crippen LogP contribution in [0.15, 0.2) is 53.0 Å². The number of ether oxygens (including phenoxy) is 1. The zero-order chi connectivity index (χ0) is 15.9. The highest BCUT2D eigenvalue weighted by atomic mass is 79.9. The van der Waals surface area contributed by atoms with Crippen LogP contribution in [-0.4, -0.2) is 12.4 Å². The van der Waals surface area contributed by atoms with Crippen molar-refractivity contribution in [1.29, 1.82) is 0 Å². The van der Waals surface area contributed by atoms with E-state index in [2.05, 4.69) is 26.0 Å². The van der Waals surface area contributed by atoms with Gasteiger partial charge in [0.15, 0.2) is 11.6 Å². The molecule has 4 nitrogen and oxygen atoms in total. The second-order valence-electron chi connectivity index (χ2n) is 4.23. The minimum Gasteiger partial charge on any atom is -0.426 e. The van der Waals surface area contributed by atoms with Gasteiger partial charge in [0.05, 0.1) is 0 Å². The number of rotatable bonds is 5. The number of hydrogen-bond acceptors (Lipinski definition) is 3. The van der Waals surface area contributed by atoms with Crippen LogP contribution in [-0.2, 0) is 9.59 Å². The number of halogens is 2. The Labute approximate surface area is 134 Å². The lowest BCUT2D eigenvalue weighted by Crippen LogP contribution is -2.07. The lowest BCUT2D eigenvalue weighted by molar-refractivity contribution is -0.121. The number of carbonyl (C=O) groups is 2. The molecule has 0 aliphatic heterocycles. The van der Waals surface area contributed by atoms with Gasteiger partial charge in [-0.1, -0.05) is 22.0 Å². The van der Waals surface area contributed by atoms with Gasteiger partial charge in [0.1, 0.15) is 0 Å². The molecule has 0 fully saturated rings. The average molecular weight is 364 g/mol. The first-order chi connectivity index (χ1) is 10.6. The third-order valence-electron chi connectivity index (χ3n) is 2.67. The lowest BCUT2D eigenvalue weighted by Gasteiger charge is -2.03. The van der Waals surface area contributed by atoms with Crippen LogP contribution in [0.25, 0.3) is 6.08 Å². The van der Waals surface area contributed by atoms with Crippen molar-refractivity contribution < 1.29 is 18.7 Å². The summed E-state index contributed by atoms with van der Waals surface area (Å²) in [7, 11) is 0. The maximum atomic E-state index is 13.3. The molecule has 0 atom stereocenters. The highest BCUT2D eigenvalue weighted by molar-refractivity contribution is 9.10. The quantitative estimate of drug-likeness (QED) is 0.649. The van der Waals surface area contributed by atoms with Crippen molar-refractivity contribution in [2.75, 3.05) is 5.32 Å². The molecule has 0 saturated carbocycles. The summed E-state index contributed by atoms with van der Waals surface area (Å²) in [6.07, 6.45) is 2.80. The zero-order valence-electron chi connectivity index (χ0n) is 11.3. The van der Waals surface area contributed by atoms with Gasteiger partial charge in [-0.3, -0.25) is 9.59 Å². The maximum Gasteiger partial charge on any atom is 0.298 e. The molecular formula is C16H11BrFNO3. The molecule has 2 aromatic carbocycles. The van der Waals surface area contributed by atoms with Crippen LogP contribution in [0, 0.1) is 5.82 Å². The first kappa shape index (κ1) is 15.9. The van der Waals surface area contributed by atoms with Crippen molar-refractivity contribution >= 4 is 40.1 Å². The molecule has 0 heterocycles. The summed E-state index contributed by atoms with van der Waals surface area (Å²) in [6.45, 7) is 0.145. The fourth-order valence-electron chi connectivity index (χ4n) is 1.65. The van der Waals surface area contributed by atoms with Crippen LogP contribution >= 0.6 is 15.9 Å². The molecule has 2 rings (SSSR count). The van der Waals surface area contributed by atoms with E-state index in [4.69, 9.17) is 0 Å². The Morgan fingerprint density at radius 1 is 1.18 bits per heavy atom. The molecule has 0 spiro atoms. The predicted molar refractivity (Wildman–Crippen MR) is 84.9 cm³/mol. The topological polar surface area (TPSA) is 55.4 Å². The number of anilines is 1. The third kappa shape index (κ3) is 4.53. The molecule has 112 valence electrons. The molecule has 0 aromatic heterocycles. The minimum absolute atomic E-state index is 0.145. The van der Waals surface area contributed by atoms with E-state index < -0.39 is 5.82 Å². The van der Waals surface area contributed by atoms with Gasteiger partial charge in [0, 0.05) is 16.2 Å². The molecule has 0 unspecified atom stereocenters. The van der Waals surface area contributed by atoms with E-state index in [0.29, 0.717) is 11.3 Å². The summed E-state index contributed by atoms with van der Waals surface area (Å²) in [4.78, 5) is 22.0. The Kier molecular flexibility index (Phi) is 5.43. The fraction of sp³-hybridized carbons (Fsp3) is 0. The van der Waals surface area contributed by atoms with Crippen LogP contribution in [0.4, 0.5) is 10.1 Å². The van der Waals surface area contributed by atoms with Crippen LogP contribution in [0.3, 0.4) is 0 Å². The van der Waals surface area contributed by atoms with Gasteiger partial charge in [-0.2, -0.15) is 0 Å². The van der Waals surface area contributed by atoms with E-state index in [9.17, 15) is 14.0 Å². The van der Waals surface area contributed by atoms with Crippen molar-refractivity contribution in [3.63, 3.8) is 0 Å². The van der Waals surface area contributed by atoms with Crippen LogP contribution < -0.4 is 10.1 Å². The molecule has 0 bridgehead atoms. The van der Waals surface area contributed by atoms with Crippen LogP contribution in [0.5, 0.6) is 5.75 Å². The summed E-state index contributed by atoms with van der Waals surface area (Å²) < 4.78 is 18.7. The minimum atomic E-state index is -0.649. The van der Waals surface area contributed by atoms with Crippen molar-refractivity contribution in [3.8, 4) is 5.75 Å². The van der Waals surface area contributed by atoms with Gasteiger partial charge in [-0.05, 0) is 48.0 Å². The van der Waals surface area contributed by atoms with E-state index in [1.165, 1.54) is 24.3 Å². The van der Waals surface area contributed by atoms with Gasteiger partial charge in [0.2, 0.25) is 5.91 Å². The number of nitrogens with one attached hydrogen (secondary N) is 1. The highest BCUT2D eigenvalue weighted by Gasteiger charge is 2.04. The highest BCUT2D eigenvalue weighted by Crippen LogP contribution is 2.19. The second-order valence-corrected chi connectivity index (χ2v) is 5.15. The Hall–Kier alpha value is -2.47. The number of benzene rings is 2. The first-order valence-electron chi connectivity index (χ1n) is 6.23. The van der Waals surface area contributed by atoms with Crippen molar-refractivity contribution in [2.24, 2.45) is 0 Å². The van der Waals surface area contributed by atoms with E-state index in [1.54, 1.807) is 12.1 Å². The molecule has 1 amide bonds. The van der Waals surface area contributed by atoms with Gasteiger partial charge in [-0.15, -0.1) is 0 Å². The summed E-state index contributed by atoms with van der Waals surface area (Å²) in [5, 5.41) is 2.68. The van der Waals surface area contributed by atoms with E-state index >= 15 is 0 Å². The van der Waals surface area contributed by atoms with Crippen molar-refractivity contribution in [1.82, 2.24) is 0 Å². The smallest absolute Gasteiger partial charge is 0.298 e. The monoisotopic (exact) mass is 363 g/mol. The first-order valence-corrected chi connectivity index (χ1v) is 7.02. The lowest BCUT2D eigenvalue weighted by atomic mass is 10.2. The molecular weight excluding hydrogens is 353 g/mol. The van der Waals surface area contributed by atoms with Crippen molar-refractivity contribution in [2.45, 2.75) is 0 Å². The molecule has 0 aliphatic rings. The van der Waals surface area contributed by atoms with Crippen LogP contribution in [0.1, 0.15) is 5.56 Å². The van der Waals surface area contributed by atoms with Gasteiger partial charge in [0.25, 0.3) is 6.47 Å². The van der Waals surface area contributed by atoms with Gasteiger partial charge in [-0.25, -0.2) is 4.39 Å². The second kappa shape index (κ2) is 7.51. The number of carbonyl (C=O) groups excluding carboxylic acids is 2. The third-order valence-corrected chi connectivity index (χ3v) is 3.20. The van der Waals surface area contributed by atoms with E-state index in [1.807, 2.05) is 12.1 Å². The number of hydrogen-bond donors (Lipinski definition) is 1. The summed E-state index contributed by atoms with van der Waals surface area (Å²) in [5.74, 6) is -1.17. The molecule has 0 saturated heterocycles. The molecule has 0 radical (unpaired) electrons. The Morgan fingerprint density at radius 2 is 1.91 bits per heavy atom. The summed E-state index contributed by atoms with van der Waals surface area (Å²) in [5.41, 5.74) is 1.19. The predicted octanol–water partition coefficient (Wildman–Crippen LogP) is 3.78. The molecule has 6 heteroatoms. The summed E-state index contributed by atoms with van der Waals surface area (Å²) in [6, 6.07) is 11.1. The SMILES string of the molecule is O=COc1cc(/C=C/C(=O)Nc2ccc(Br)cc2)ccc1F. The maximum absolute atomic E-state index is 13.3. The molecule has 22 heavy (non-hydrogen) atoms. The van der Waals surface area contributed by atoms with Gasteiger partial charge < -0.3 is 10.1 Å². The van der Waals surface area contributed by atoms with E-state index in [0.717, 1.165) is 10.5 Å².